The molecule has 1 unspecified atom stereocenters. The van der Waals surface area contributed by atoms with Crippen LogP contribution in [0.3, 0.4) is 0 Å². The molecular weight excluding hydrogens is 244 g/mol. The summed E-state index contributed by atoms with van der Waals surface area (Å²) < 4.78 is 5.34. The van der Waals surface area contributed by atoms with Crippen molar-refractivity contribution in [3.63, 3.8) is 0 Å². The van der Waals surface area contributed by atoms with Crippen LogP contribution in [0.4, 0.5) is 0 Å². The van der Waals surface area contributed by atoms with Crippen LogP contribution in [0, 0.1) is 0 Å². The smallest absolute Gasteiger partial charge is 0.0594 e. The molecule has 2 N–H and O–H groups in total. The highest BCUT2D eigenvalue weighted by Crippen LogP contribution is 2.21. The van der Waals surface area contributed by atoms with Gasteiger partial charge < -0.3 is 10.5 Å². The molecule has 1 saturated heterocycles. The van der Waals surface area contributed by atoms with Gasteiger partial charge in [0.25, 0.3) is 0 Å². The first-order valence-electron chi connectivity index (χ1n) is 6.54. The van der Waals surface area contributed by atoms with Gasteiger partial charge in [0, 0.05) is 36.3 Å². The van der Waals surface area contributed by atoms with E-state index in [0.717, 1.165) is 38.6 Å². The van der Waals surface area contributed by atoms with Crippen molar-refractivity contribution in [1.82, 2.24) is 4.90 Å². The molecule has 2 rings (SSSR count). The number of hydrogen-bond acceptors (Lipinski definition) is 4. The Morgan fingerprint density at radius 2 is 2.17 bits per heavy atom. The Labute approximate surface area is 114 Å². The van der Waals surface area contributed by atoms with Gasteiger partial charge in [-0.2, -0.15) is 0 Å². The number of hydrogen-bond donors (Lipinski definition) is 1. The summed E-state index contributed by atoms with van der Waals surface area (Å²) in [5, 5.41) is 0. The molecule has 0 radical (unpaired) electrons. The van der Waals surface area contributed by atoms with Crippen LogP contribution in [-0.4, -0.2) is 43.5 Å². The van der Waals surface area contributed by atoms with Crippen molar-refractivity contribution in [2.24, 2.45) is 5.73 Å². The largest absolute Gasteiger partial charge is 0.379 e. The average Bonchev–Trinajstić information content (AvgIpc) is 2.40. The van der Waals surface area contributed by atoms with Gasteiger partial charge in [-0.1, -0.05) is 12.1 Å². The zero-order chi connectivity index (χ0) is 12.8. The molecule has 18 heavy (non-hydrogen) atoms. The molecule has 0 aromatic heterocycles. The molecule has 1 aromatic rings. The zero-order valence-corrected chi connectivity index (χ0v) is 11.8. The molecule has 1 heterocycles. The number of ether oxygens (including phenoxy) is 1. The first kappa shape index (κ1) is 13.9. The van der Waals surface area contributed by atoms with E-state index in [9.17, 15) is 0 Å². The molecule has 0 spiro atoms. The first-order valence-corrected chi connectivity index (χ1v) is 7.53. The van der Waals surface area contributed by atoms with Gasteiger partial charge in [-0.3, -0.25) is 4.90 Å². The van der Waals surface area contributed by atoms with Crippen LogP contribution in [0.1, 0.15) is 18.5 Å². The third kappa shape index (κ3) is 4.28. The lowest BCUT2D eigenvalue weighted by molar-refractivity contribution is 0.0410. The summed E-state index contributed by atoms with van der Waals surface area (Å²) in [4.78, 5) is 3.78. The van der Waals surface area contributed by atoms with Crippen molar-refractivity contribution in [1.29, 1.82) is 0 Å². The number of rotatable bonds is 5. The number of benzene rings is 1. The van der Waals surface area contributed by atoms with E-state index >= 15 is 0 Å². The third-order valence-electron chi connectivity index (χ3n) is 3.16. The van der Waals surface area contributed by atoms with Crippen LogP contribution in [0.25, 0.3) is 0 Å². The summed E-state index contributed by atoms with van der Waals surface area (Å²) in [6.07, 6.45) is 0. The predicted molar refractivity (Wildman–Crippen MR) is 77.0 cm³/mol. The SMILES string of the molecule is CC(N)c1cccc(SCCN2CCOCC2)c1. The molecule has 0 aliphatic carbocycles. The maximum atomic E-state index is 5.90. The van der Waals surface area contributed by atoms with Crippen molar-refractivity contribution < 1.29 is 4.74 Å². The van der Waals surface area contributed by atoms with Crippen LogP contribution >= 0.6 is 11.8 Å². The Balaban J connectivity index is 1.77. The molecule has 1 aliphatic heterocycles. The fraction of sp³-hybridized carbons (Fsp3) is 0.571. The molecule has 1 atom stereocenters. The van der Waals surface area contributed by atoms with Crippen LogP contribution in [-0.2, 0) is 4.74 Å². The monoisotopic (exact) mass is 266 g/mol. The van der Waals surface area contributed by atoms with Crippen molar-refractivity contribution >= 4 is 11.8 Å². The fourth-order valence-corrected chi connectivity index (χ4v) is 2.98. The number of nitrogens with zero attached hydrogens (tertiary/aromatic N) is 1. The number of thioether (sulfide) groups is 1. The van der Waals surface area contributed by atoms with Crippen molar-refractivity contribution in [3.05, 3.63) is 29.8 Å². The molecule has 3 nitrogen and oxygen atoms in total. The van der Waals surface area contributed by atoms with Gasteiger partial charge >= 0.3 is 0 Å². The molecule has 1 aliphatic rings. The number of morpholine rings is 1. The molecular formula is C14H22N2OS. The van der Waals surface area contributed by atoms with Crippen LogP contribution in [0.2, 0.25) is 0 Å². The Morgan fingerprint density at radius 1 is 1.39 bits per heavy atom. The van der Waals surface area contributed by atoms with Crippen LogP contribution in [0.15, 0.2) is 29.2 Å². The summed E-state index contributed by atoms with van der Waals surface area (Å²) in [7, 11) is 0. The van der Waals surface area contributed by atoms with E-state index in [1.54, 1.807) is 0 Å². The lowest BCUT2D eigenvalue weighted by Gasteiger charge is -2.26. The minimum absolute atomic E-state index is 0.116. The van der Waals surface area contributed by atoms with Crippen LogP contribution in [0.5, 0.6) is 0 Å². The van der Waals surface area contributed by atoms with Gasteiger partial charge in [0.15, 0.2) is 0 Å². The predicted octanol–water partition coefficient (Wildman–Crippen LogP) is 2.13. The van der Waals surface area contributed by atoms with E-state index in [-0.39, 0.29) is 6.04 Å². The molecule has 100 valence electrons. The Kier molecular flexibility index (Phi) is 5.50. The van der Waals surface area contributed by atoms with E-state index < -0.39 is 0 Å². The minimum atomic E-state index is 0.116. The van der Waals surface area contributed by atoms with Crippen LogP contribution < -0.4 is 5.73 Å². The van der Waals surface area contributed by atoms with E-state index in [1.165, 1.54) is 10.5 Å². The second-order valence-corrected chi connectivity index (χ2v) is 5.83. The lowest BCUT2D eigenvalue weighted by Crippen LogP contribution is -2.37. The summed E-state index contributed by atoms with van der Waals surface area (Å²) in [6.45, 7) is 7.06. The average molecular weight is 266 g/mol. The highest BCUT2D eigenvalue weighted by Gasteiger charge is 2.09. The second kappa shape index (κ2) is 7.14. The van der Waals surface area contributed by atoms with E-state index in [2.05, 4.69) is 29.2 Å². The van der Waals surface area contributed by atoms with Gasteiger partial charge in [0.1, 0.15) is 0 Å². The zero-order valence-electron chi connectivity index (χ0n) is 11.0. The highest BCUT2D eigenvalue weighted by atomic mass is 32.2. The summed E-state index contributed by atoms with van der Waals surface area (Å²) in [5.41, 5.74) is 7.11. The van der Waals surface area contributed by atoms with E-state index in [0.29, 0.717) is 0 Å². The normalized spacial score (nSPS) is 18.8. The molecule has 0 saturated carbocycles. The lowest BCUT2D eigenvalue weighted by atomic mass is 10.1. The standard InChI is InChI=1S/C14H22N2OS/c1-12(15)13-3-2-4-14(11-13)18-10-7-16-5-8-17-9-6-16/h2-4,11-12H,5-10,15H2,1H3. The Hall–Kier alpha value is -0.550. The summed E-state index contributed by atoms with van der Waals surface area (Å²) >= 11 is 1.91. The van der Waals surface area contributed by atoms with Gasteiger partial charge in [0.2, 0.25) is 0 Å². The molecule has 1 fully saturated rings. The minimum Gasteiger partial charge on any atom is -0.379 e. The number of nitrogens with two attached hydrogens (primary N) is 1. The third-order valence-corrected chi connectivity index (χ3v) is 4.14. The van der Waals surface area contributed by atoms with Crippen molar-refractivity contribution in [2.45, 2.75) is 17.9 Å². The topological polar surface area (TPSA) is 38.5 Å². The first-order chi connectivity index (χ1) is 8.75. The molecule has 0 bridgehead atoms. The highest BCUT2D eigenvalue weighted by molar-refractivity contribution is 7.99. The van der Waals surface area contributed by atoms with Gasteiger partial charge in [-0.25, -0.2) is 0 Å². The van der Waals surface area contributed by atoms with Gasteiger partial charge in [-0.05, 0) is 24.6 Å². The molecule has 1 aromatic carbocycles. The second-order valence-electron chi connectivity index (χ2n) is 4.66. The Morgan fingerprint density at radius 3 is 2.89 bits per heavy atom. The summed E-state index contributed by atoms with van der Waals surface area (Å²) in [5.74, 6) is 1.13. The summed E-state index contributed by atoms with van der Waals surface area (Å²) in [6, 6.07) is 8.67. The van der Waals surface area contributed by atoms with E-state index in [1.807, 2.05) is 18.7 Å². The maximum absolute atomic E-state index is 5.90. The van der Waals surface area contributed by atoms with Crippen molar-refractivity contribution in [3.8, 4) is 0 Å². The van der Waals surface area contributed by atoms with Crippen molar-refractivity contribution in [2.75, 3.05) is 38.6 Å². The molecule has 0 amide bonds. The fourth-order valence-electron chi connectivity index (χ4n) is 2.00. The molecule has 4 heteroatoms. The quantitative estimate of drug-likeness (QED) is 0.829. The Bertz CT molecular complexity index is 365. The van der Waals surface area contributed by atoms with E-state index in [4.69, 9.17) is 10.5 Å². The van der Waals surface area contributed by atoms with Gasteiger partial charge in [-0.15, -0.1) is 11.8 Å². The maximum Gasteiger partial charge on any atom is 0.0594 e. The van der Waals surface area contributed by atoms with Gasteiger partial charge in [0.05, 0.1) is 13.2 Å².